The predicted molar refractivity (Wildman–Crippen MR) is 95.7 cm³/mol. The second kappa shape index (κ2) is 8.58. The summed E-state index contributed by atoms with van der Waals surface area (Å²) in [4.78, 5) is 13.7. The monoisotopic (exact) mass is 376 g/mol. The number of nitrogens with zero attached hydrogens (tertiary/aromatic N) is 1. The summed E-state index contributed by atoms with van der Waals surface area (Å²) in [6, 6.07) is 15.6. The number of likely N-dealkylation sites (N-methyl/N-ethyl adjacent to an activating group) is 1. The molecule has 0 aliphatic carbocycles. The fourth-order valence-corrected chi connectivity index (χ4v) is 2.44. The first-order valence-corrected chi connectivity index (χ1v) is 8.27. The van der Waals surface area contributed by atoms with E-state index in [1.165, 1.54) is 5.56 Å². The SMILES string of the molecule is Cc1ccc(OCCN(C)C(=O)NCc2cccc(Br)c2)cc1. The Hall–Kier alpha value is -2.01. The molecule has 0 saturated carbocycles. The van der Waals surface area contributed by atoms with Crippen molar-refractivity contribution in [1.29, 1.82) is 0 Å². The van der Waals surface area contributed by atoms with Crippen molar-refractivity contribution in [3.8, 4) is 5.75 Å². The van der Waals surface area contributed by atoms with Gasteiger partial charge in [-0.05, 0) is 36.8 Å². The zero-order valence-corrected chi connectivity index (χ0v) is 15.0. The number of hydrogen-bond acceptors (Lipinski definition) is 2. The van der Waals surface area contributed by atoms with Gasteiger partial charge in [0.1, 0.15) is 12.4 Å². The molecule has 2 aromatic rings. The highest BCUT2D eigenvalue weighted by molar-refractivity contribution is 9.10. The molecule has 0 heterocycles. The molecule has 2 amide bonds. The Balaban J connectivity index is 1.71. The van der Waals surface area contributed by atoms with E-state index in [2.05, 4.69) is 21.2 Å². The lowest BCUT2D eigenvalue weighted by molar-refractivity contribution is 0.195. The van der Waals surface area contributed by atoms with Gasteiger partial charge in [0, 0.05) is 18.1 Å². The van der Waals surface area contributed by atoms with Crippen LogP contribution in [0, 0.1) is 6.92 Å². The summed E-state index contributed by atoms with van der Waals surface area (Å²) in [6.45, 7) is 3.52. The molecule has 0 spiro atoms. The van der Waals surface area contributed by atoms with Crippen LogP contribution in [0.25, 0.3) is 0 Å². The first-order chi connectivity index (χ1) is 11.0. The Bertz CT molecular complexity index is 644. The van der Waals surface area contributed by atoms with Crippen LogP contribution in [0.2, 0.25) is 0 Å². The van der Waals surface area contributed by atoms with Crippen LogP contribution in [0.15, 0.2) is 53.0 Å². The van der Waals surface area contributed by atoms with Crippen LogP contribution < -0.4 is 10.1 Å². The topological polar surface area (TPSA) is 41.6 Å². The third-order valence-corrected chi connectivity index (χ3v) is 3.89. The lowest BCUT2D eigenvalue weighted by atomic mass is 10.2. The number of hydrogen-bond donors (Lipinski definition) is 1. The summed E-state index contributed by atoms with van der Waals surface area (Å²) in [5.41, 5.74) is 2.25. The van der Waals surface area contributed by atoms with Gasteiger partial charge in [-0.1, -0.05) is 45.8 Å². The molecule has 0 atom stereocenters. The minimum atomic E-state index is -0.113. The van der Waals surface area contributed by atoms with Crippen molar-refractivity contribution in [2.24, 2.45) is 0 Å². The number of carbonyl (C=O) groups is 1. The molecule has 0 saturated heterocycles. The molecule has 2 rings (SSSR count). The van der Waals surface area contributed by atoms with Gasteiger partial charge in [-0.3, -0.25) is 0 Å². The maximum Gasteiger partial charge on any atom is 0.317 e. The van der Waals surface area contributed by atoms with Crippen molar-refractivity contribution in [1.82, 2.24) is 10.2 Å². The average Bonchev–Trinajstić information content (AvgIpc) is 2.54. The molecule has 0 aliphatic heterocycles. The number of urea groups is 1. The molecule has 0 unspecified atom stereocenters. The molecule has 0 aromatic heterocycles. The molecule has 0 radical (unpaired) electrons. The first-order valence-electron chi connectivity index (χ1n) is 7.47. The number of benzene rings is 2. The van der Waals surface area contributed by atoms with Gasteiger partial charge in [-0.15, -0.1) is 0 Å². The molecular weight excluding hydrogens is 356 g/mol. The summed E-state index contributed by atoms with van der Waals surface area (Å²) >= 11 is 3.42. The molecule has 5 heteroatoms. The Morgan fingerprint density at radius 1 is 1.22 bits per heavy atom. The van der Waals surface area contributed by atoms with Crippen molar-refractivity contribution in [2.75, 3.05) is 20.2 Å². The molecule has 0 bridgehead atoms. The van der Waals surface area contributed by atoms with E-state index < -0.39 is 0 Å². The molecule has 4 nitrogen and oxygen atoms in total. The number of halogens is 1. The van der Waals surface area contributed by atoms with Crippen LogP contribution in [-0.2, 0) is 6.54 Å². The first kappa shape index (κ1) is 17.3. The van der Waals surface area contributed by atoms with Crippen molar-refractivity contribution < 1.29 is 9.53 Å². The smallest absolute Gasteiger partial charge is 0.317 e. The van der Waals surface area contributed by atoms with Crippen LogP contribution in [0.1, 0.15) is 11.1 Å². The van der Waals surface area contributed by atoms with Gasteiger partial charge in [-0.2, -0.15) is 0 Å². The molecule has 0 aliphatic rings. The molecule has 0 fully saturated rings. The summed E-state index contributed by atoms with van der Waals surface area (Å²) < 4.78 is 6.64. The number of ether oxygens (including phenoxy) is 1. The van der Waals surface area contributed by atoms with Gasteiger partial charge in [0.25, 0.3) is 0 Å². The molecule has 122 valence electrons. The fourth-order valence-electron chi connectivity index (χ4n) is 2.00. The maximum atomic E-state index is 12.0. The van der Waals surface area contributed by atoms with Crippen LogP contribution in [0.3, 0.4) is 0 Å². The Labute approximate surface area is 145 Å². The second-order valence-corrected chi connectivity index (χ2v) is 6.29. The summed E-state index contributed by atoms with van der Waals surface area (Å²) in [5.74, 6) is 0.818. The third-order valence-electron chi connectivity index (χ3n) is 3.40. The van der Waals surface area contributed by atoms with Gasteiger partial charge in [0.2, 0.25) is 0 Å². The van der Waals surface area contributed by atoms with Gasteiger partial charge in [0.05, 0.1) is 6.54 Å². The lowest BCUT2D eigenvalue weighted by Crippen LogP contribution is -2.39. The summed E-state index contributed by atoms with van der Waals surface area (Å²) in [5, 5.41) is 2.89. The van der Waals surface area contributed by atoms with Gasteiger partial charge in [-0.25, -0.2) is 4.79 Å². The largest absolute Gasteiger partial charge is 0.492 e. The molecule has 1 N–H and O–H groups in total. The average molecular weight is 377 g/mol. The molecule has 2 aromatic carbocycles. The number of amides is 2. The standard InChI is InChI=1S/C18H21BrN2O2/c1-14-6-8-17(9-7-14)23-11-10-21(2)18(22)20-13-15-4-3-5-16(19)12-15/h3-9,12H,10-11,13H2,1-2H3,(H,20,22). The second-order valence-electron chi connectivity index (χ2n) is 5.37. The van der Waals surface area contributed by atoms with Crippen LogP contribution in [0.5, 0.6) is 5.75 Å². The fraction of sp³-hybridized carbons (Fsp3) is 0.278. The van der Waals surface area contributed by atoms with Crippen molar-refractivity contribution in [2.45, 2.75) is 13.5 Å². The Morgan fingerprint density at radius 2 is 1.96 bits per heavy atom. The Kier molecular flexibility index (Phi) is 6.47. The van der Waals surface area contributed by atoms with E-state index >= 15 is 0 Å². The predicted octanol–water partition coefficient (Wildman–Crippen LogP) is 3.98. The summed E-state index contributed by atoms with van der Waals surface area (Å²) in [6.07, 6.45) is 0. The highest BCUT2D eigenvalue weighted by Gasteiger charge is 2.08. The zero-order valence-electron chi connectivity index (χ0n) is 13.4. The maximum absolute atomic E-state index is 12.0. The highest BCUT2D eigenvalue weighted by atomic mass is 79.9. The van der Waals surface area contributed by atoms with E-state index in [9.17, 15) is 4.79 Å². The van der Waals surface area contributed by atoms with E-state index in [-0.39, 0.29) is 6.03 Å². The number of nitrogens with one attached hydrogen (secondary N) is 1. The van der Waals surface area contributed by atoms with Crippen molar-refractivity contribution in [3.05, 3.63) is 64.1 Å². The number of aryl methyl sites for hydroxylation is 1. The van der Waals surface area contributed by atoms with E-state index in [4.69, 9.17) is 4.74 Å². The van der Waals surface area contributed by atoms with Gasteiger partial charge in [0.15, 0.2) is 0 Å². The van der Waals surface area contributed by atoms with E-state index in [1.807, 2.05) is 55.5 Å². The van der Waals surface area contributed by atoms with E-state index in [0.717, 1.165) is 15.8 Å². The van der Waals surface area contributed by atoms with Crippen LogP contribution in [0.4, 0.5) is 4.79 Å². The van der Waals surface area contributed by atoms with Gasteiger partial charge < -0.3 is 15.0 Å². The van der Waals surface area contributed by atoms with Crippen LogP contribution >= 0.6 is 15.9 Å². The number of rotatable bonds is 6. The zero-order chi connectivity index (χ0) is 16.7. The van der Waals surface area contributed by atoms with Crippen molar-refractivity contribution in [3.63, 3.8) is 0 Å². The normalized spacial score (nSPS) is 10.2. The molecular formula is C18H21BrN2O2. The third kappa shape index (κ3) is 5.94. The quantitative estimate of drug-likeness (QED) is 0.828. The Morgan fingerprint density at radius 3 is 2.65 bits per heavy atom. The van der Waals surface area contributed by atoms with E-state index in [1.54, 1.807) is 11.9 Å². The summed E-state index contributed by atoms with van der Waals surface area (Å²) in [7, 11) is 1.76. The van der Waals surface area contributed by atoms with Crippen LogP contribution in [-0.4, -0.2) is 31.1 Å². The van der Waals surface area contributed by atoms with Gasteiger partial charge >= 0.3 is 6.03 Å². The molecule has 23 heavy (non-hydrogen) atoms. The van der Waals surface area contributed by atoms with E-state index in [0.29, 0.717) is 19.7 Å². The number of carbonyl (C=O) groups excluding carboxylic acids is 1. The highest BCUT2D eigenvalue weighted by Crippen LogP contribution is 2.12. The van der Waals surface area contributed by atoms with Crippen molar-refractivity contribution >= 4 is 22.0 Å². The minimum absolute atomic E-state index is 0.113. The lowest BCUT2D eigenvalue weighted by Gasteiger charge is -2.18. The minimum Gasteiger partial charge on any atom is -0.492 e.